The van der Waals surface area contributed by atoms with Crippen molar-refractivity contribution in [3.8, 4) is 0 Å². The van der Waals surface area contributed by atoms with E-state index in [9.17, 15) is 19.5 Å². The summed E-state index contributed by atoms with van der Waals surface area (Å²) in [6, 6.07) is 17.6. The molecule has 0 saturated carbocycles. The highest BCUT2D eigenvalue weighted by atomic mass is 16.6. The van der Waals surface area contributed by atoms with Crippen molar-refractivity contribution in [3.05, 3.63) is 97.1 Å². The Balaban J connectivity index is 1.57. The molecule has 2 amide bonds. The maximum absolute atomic E-state index is 14.8. The standard InChI is InChI=1S/C36H44N2O6/c1-4-7-14-22-43-34(42)30-29-32(40)38(28(25-39)23-26-15-10-8-11-16-26)31(36(29)20-19-35(30,6-3)44-36)33(41)37(21-5-2)24-27-17-12-9-13-18-27/h4-5,8-13,15-18,28-31,39H,1-2,6-7,14,19-25H2,3H3/t28-,29+,30-,31?,35+,36?/m1/s1. The van der Waals surface area contributed by atoms with Crippen LogP contribution in [0.4, 0.5) is 0 Å². The van der Waals surface area contributed by atoms with Gasteiger partial charge in [-0.15, -0.1) is 13.2 Å². The smallest absolute Gasteiger partial charge is 0.312 e. The van der Waals surface area contributed by atoms with E-state index >= 15 is 0 Å². The Morgan fingerprint density at radius 2 is 1.77 bits per heavy atom. The molecule has 2 bridgehead atoms. The summed E-state index contributed by atoms with van der Waals surface area (Å²) in [5.74, 6) is -2.79. The van der Waals surface area contributed by atoms with Crippen molar-refractivity contribution in [2.24, 2.45) is 11.8 Å². The Hall–Kier alpha value is -3.75. The second-order valence-corrected chi connectivity index (χ2v) is 12.2. The molecule has 8 heteroatoms. The van der Waals surface area contributed by atoms with Gasteiger partial charge in [-0.1, -0.05) is 79.7 Å². The first-order chi connectivity index (χ1) is 21.4. The van der Waals surface area contributed by atoms with Crippen LogP contribution in [0.15, 0.2) is 86.0 Å². The van der Waals surface area contributed by atoms with E-state index in [-0.39, 0.29) is 31.6 Å². The first-order valence-electron chi connectivity index (χ1n) is 15.7. The number of amides is 2. The van der Waals surface area contributed by atoms with Crippen molar-refractivity contribution >= 4 is 17.8 Å². The third kappa shape index (κ3) is 5.61. The van der Waals surface area contributed by atoms with E-state index in [1.54, 1.807) is 22.0 Å². The van der Waals surface area contributed by atoms with E-state index in [2.05, 4.69) is 13.2 Å². The van der Waals surface area contributed by atoms with Gasteiger partial charge in [-0.25, -0.2) is 0 Å². The Bertz CT molecular complexity index is 1350. The number of hydrogen-bond donors (Lipinski definition) is 1. The Morgan fingerprint density at radius 1 is 1.09 bits per heavy atom. The number of nitrogens with zero attached hydrogens (tertiary/aromatic N) is 2. The van der Waals surface area contributed by atoms with Crippen LogP contribution in [0.25, 0.3) is 0 Å². The molecule has 8 nitrogen and oxygen atoms in total. The number of ether oxygens (including phenoxy) is 2. The number of carbonyl (C=O) groups excluding carboxylic acids is 3. The molecule has 44 heavy (non-hydrogen) atoms. The van der Waals surface area contributed by atoms with E-state index in [0.29, 0.717) is 45.1 Å². The van der Waals surface area contributed by atoms with Crippen LogP contribution in [-0.2, 0) is 36.8 Å². The average Bonchev–Trinajstić information content (AvgIpc) is 3.66. The second-order valence-electron chi connectivity index (χ2n) is 12.2. The largest absolute Gasteiger partial charge is 0.465 e. The monoisotopic (exact) mass is 600 g/mol. The minimum Gasteiger partial charge on any atom is -0.465 e. The number of aliphatic hydroxyl groups is 1. The fraction of sp³-hybridized carbons (Fsp3) is 0.472. The third-order valence-corrected chi connectivity index (χ3v) is 9.70. The van der Waals surface area contributed by atoms with E-state index in [4.69, 9.17) is 9.47 Å². The molecular weight excluding hydrogens is 556 g/mol. The number of esters is 1. The van der Waals surface area contributed by atoms with Crippen LogP contribution in [0.2, 0.25) is 0 Å². The molecular formula is C36H44N2O6. The average molecular weight is 601 g/mol. The summed E-state index contributed by atoms with van der Waals surface area (Å²) in [7, 11) is 0. The van der Waals surface area contributed by atoms with Crippen molar-refractivity contribution in [2.45, 2.75) is 75.3 Å². The SMILES string of the molecule is C=CCCCOC(=O)[C@H]1[C@H]2C(=O)N([C@@H](CO)Cc3ccccc3)C(C(=O)N(CC=C)Cc3ccccc3)C23CC[C@]1(CC)O3. The summed E-state index contributed by atoms with van der Waals surface area (Å²) >= 11 is 0. The van der Waals surface area contributed by atoms with Crippen LogP contribution in [0, 0.1) is 11.8 Å². The van der Waals surface area contributed by atoms with Crippen molar-refractivity contribution < 1.29 is 29.0 Å². The topological polar surface area (TPSA) is 96.4 Å². The molecule has 1 spiro atoms. The molecule has 3 aliphatic rings. The summed E-state index contributed by atoms with van der Waals surface area (Å²) in [4.78, 5) is 46.5. The number of aliphatic hydroxyl groups excluding tert-OH is 1. The maximum atomic E-state index is 14.8. The summed E-state index contributed by atoms with van der Waals surface area (Å²) in [6.45, 7) is 10.0. The molecule has 2 aromatic rings. The Kier molecular flexibility index (Phi) is 9.71. The second kappa shape index (κ2) is 13.5. The summed E-state index contributed by atoms with van der Waals surface area (Å²) in [5, 5.41) is 10.7. The number of fused-ring (bicyclic) bond motifs is 1. The fourth-order valence-corrected chi connectivity index (χ4v) is 7.68. The van der Waals surface area contributed by atoms with Gasteiger partial charge in [-0.3, -0.25) is 14.4 Å². The zero-order valence-electron chi connectivity index (χ0n) is 25.6. The van der Waals surface area contributed by atoms with Crippen LogP contribution in [-0.4, -0.2) is 75.7 Å². The van der Waals surface area contributed by atoms with Crippen molar-refractivity contribution in [1.29, 1.82) is 0 Å². The lowest BCUT2D eigenvalue weighted by Crippen LogP contribution is -2.59. The fourth-order valence-electron chi connectivity index (χ4n) is 7.68. The summed E-state index contributed by atoms with van der Waals surface area (Å²) < 4.78 is 12.6. The minimum absolute atomic E-state index is 0.221. The van der Waals surface area contributed by atoms with Gasteiger partial charge >= 0.3 is 5.97 Å². The highest BCUT2D eigenvalue weighted by Gasteiger charge is 2.79. The summed E-state index contributed by atoms with van der Waals surface area (Å²) in [6.07, 6.45) is 6.67. The summed E-state index contributed by atoms with van der Waals surface area (Å²) in [5.41, 5.74) is -0.231. The molecule has 6 atom stereocenters. The van der Waals surface area contributed by atoms with Gasteiger partial charge in [0.25, 0.3) is 0 Å². The molecule has 3 fully saturated rings. The van der Waals surface area contributed by atoms with Crippen molar-refractivity contribution in [1.82, 2.24) is 9.80 Å². The van der Waals surface area contributed by atoms with E-state index in [0.717, 1.165) is 11.1 Å². The van der Waals surface area contributed by atoms with Gasteiger partial charge in [0.15, 0.2) is 0 Å². The molecule has 3 saturated heterocycles. The zero-order chi connectivity index (χ0) is 31.3. The lowest BCUT2D eigenvalue weighted by atomic mass is 9.65. The van der Waals surface area contributed by atoms with Crippen LogP contribution in [0.3, 0.4) is 0 Å². The van der Waals surface area contributed by atoms with Crippen LogP contribution >= 0.6 is 0 Å². The lowest BCUT2D eigenvalue weighted by molar-refractivity contribution is -0.163. The number of rotatable bonds is 15. The van der Waals surface area contributed by atoms with Crippen molar-refractivity contribution in [2.75, 3.05) is 19.8 Å². The molecule has 2 unspecified atom stereocenters. The quantitative estimate of drug-likeness (QED) is 0.184. The van der Waals surface area contributed by atoms with Crippen LogP contribution < -0.4 is 0 Å². The molecule has 0 radical (unpaired) electrons. The molecule has 3 heterocycles. The van der Waals surface area contributed by atoms with Gasteiger partial charge in [-0.05, 0) is 49.7 Å². The minimum atomic E-state index is -1.21. The number of allylic oxidation sites excluding steroid dienone is 1. The van der Waals surface area contributed by atoms with Gasteiger partial charge in [-0.2, -0.15) is 0 Å². The highest BCUT2D eigenvalue weighted by Crippen LogP contribution is 2.65. The molecule has 2 aromatic carbocycles. The molecule has 0 aromatic heterocycles. The third-order valence-electron chi connectivity index (χ3n) is 9.70. The van der Waals surface area contributed by atoms with Crippen molar-refractivity contribution in [3.63, 3.8) is 0 Å². The Labute approximate surface area is 260 Å². The maximum Gasteiger partial charge on any atom is 0.312 e. The van der Waals surface area contributed by atoms with E-state index in [1.165, 1.54) is 0 Å². The van der Waals surface area contributed by atoms with Gasteiger partial charge < -0.3 is 24.4 Å². The van der Waals surface area contributed by atoms with Crippen LogP contribution in [0.1, 0.15) is 50.2 Å². The van der Waals surface area contributed by atoms with Gasteiger partial charge in [0, 0.05) is 13.1 Å². The van der Waals surface area contributed by atoms with Gasteiger partial charge in [0.1, 0.15) is 17.6 Å². The number of unbranched alkanes of at least 4 members (excludes halogenated alkanes) is 1. The predicted octanol–water partition coefficient (Wildman–Crippen LogP) is 4.47. The molecule has 0 aliphatic carbocycles. The van der Waals surface area contributed by atoms with Crippen LogP contribution in [0.5, 0.6) is 0 Å². The van der Waals surface area contributed by atoms with Gasteiger partial charge in [0.2, 0.25) is 11.8 Å². The normalized spacial score (nSPS) is 27.5. The van der Waals surface area contributed by atoms with E-state index in [1.807, 2.05) is 67.6 Å². The number of benzene rings is 2. The molecule has 234 valence electrons. The Morgan fingerprint density at radius 3 is 2.39 bits per heavy atom. The molecule has 5 rings (SSSR count). The first kappa shape index (κ1) is 31.7. The lowest BCUT2D eigenvalue weighted by Gasteiger charge is -2.39. The number of carbonyl (C=O) groups is 3. The molecule has 3 aliphatic heterocycles. The van der Waals surface area contributed by atoms with E-state index < -0.39 is 41.1 Å². The van der Waals surface area contributed by atoms with Gasteiger partial charge in [0.05, 0.1) is 30.8 Å². The molecule has 1 N–H and O–H groups in total. The predicted molar refractivity (Wildman–Crippen MR) is 167 cm³/mol. The zero-order valence-corrected chi connectivity index (χ0v) is 25.6. The number of hydrogen-bond acceptors (Lipinski definition) is 6. The first-order valence-corrected chi connectivity index (χ1v) is 15.7. The number of likely N-dealkylation sites (tertiary alicyclic amines) is 1. The highest BCUT2D eigenvalue weighted by molar-refractivity contribution is 5.98.